The van der Waals surface area contributed by atoms with Crippen LogP contribution in [0, 0.1) is 0 Å². The average molecular weight is 202 g/mol. The third-order valence-corrected chi connectivity index (χ3v) is 4.54. The van der Waals surface area contributed by atoms with Gasteiger partial charge in [0.05, 0.1) is 11.0 Å². The Labute approximate surface area is 82.8 Å². The van der Waals surface area contributed by atoms with Crippen LogP contribution in [0.2, 0.25) is 0 Å². The molecule has 13 heavy (non-hydrogen) atoms. The topological polar surface area (TPSA) is 26.3 Å². The van der Waals surface area contributed by atoms with E-state index in [9.17, 15) is 4.21 Å². The Morgan fingerprint density at radius 1 is 1.54 bits per heavy atom. The maximum absolute atomic E-state index is 11.7. The first-order chi connectivity index (χ1) is 6.19. The Hall–Kier alpha value is -0.310. The van der Waals surface area contributed by atoms with Crippen LogP contribution in [0.3, 0.4) is 0 Å². The van der Waals surface area contributed by atoms with Crippen LogP contribution >= 0.6 is 0 Å². The summed E-state index contributed by atoms with van der Waals surface area (Å²) in [6.45, 7) is 4.57. The molecule has 0 radical (unpaired) electrons. The lowest BCUT2D eigenvalue weighted by Gasteiger charge is -2.31. The van der Waals surface area contributed by atoms with Gasteiger partial charge in [0.15, 0.2) is 0 Å². The molecule has 1 saturated heterocycles. The van der Waals surface area contributed by atoms with Crippen molar-refractivity contribution in [3.63, 3.8) is 0 Å². The molecule has 0 bridgehead atoms. The monoisotopic (exact) mass is 202 g/mol. The summed E-state index contributed by atoms with van der Waals surface area (Å²) >= 11 is 0. The Bertz CT molecular complexity index is 213. The predicted molar refractivity (Wildman–Crippen MR) is 56.0 cm³/mol. The first-order valence-corrected chi connectivity index (χ1v) is 6.12. The minimum absolute atomic E-state index is 0.113. The molecule has 2 atom stereocenters. The van der Waals surface area contributed by atoms with Crippen LogP contribution in [-0.4, -0.2) is 21.3 Å². The van der Waals surface area contributed by atoms with E-state index in [1.165, 1.54) is 6.42 Å². The van der Waals surface area contributed by atoms with E-state index in [-0.39, 0.29) is 4.75 Å². The van der Waals surface area contributed by atoms with Gasteiger partial charge in [-0.2, -0.15) is 0 Å². The molecule has 0 spiro atoms. The van der Waals surface area contributed by atoms with Crippen molar-refractivity contribution in [3.8, 4) is 0 Å². The molecule has 1 fully saturated rings. The minimum atomic E-state index is -0.706. The molecule has 3 heteroatoms. The molecular formula is C10H18O2S. The van der Waals surface area contributed by atoms with Gasteiger partial charge < -0.3 is 4.74 Å². The van der Waals surface area contributed by atoms with Crippen molar-refractivity contribution < 1.29 is 8.95 Å². The summed E-state index contributed by atoms with van der Waals surface area (Å²) in [4.78, 5) is 0. The van der Waals surface area contributed by atoms with Gasteiger partial charge in [-0.15, -0.1) is 0 Å². The Balaban J connectivity index is 2.47. The third-order valence-electron chi connectivity index (χ3n) is 2.46. The van der Waals surface area contributed by atoms with Crippen LogP contribution in [0.1, 0.15) is 33.1 Å². The molecule has 1 aliphatic heterocycles. The van der Waals surface area contributed by atoms with Crippen LogP contribution in [0.15, 0.2) is 12.3 Å². The molecule has 76 valence electrons. The van der Waals surface area contributed by atoms with E-state index >= 15 is 0 Å². The van der Waals surface area contributed by atoms with Crippen molar-refractivity contribution in [3.05, 3.63) is 12.3 Å². The van der Waals surface area contributed by atoms with E-state index in [4.69, 9.17) is 4.74 Å². The molecule has 0 N–H and O–H groups in total. The summed E-state index contributed by atoms with van der Waals surface area (Å²) in [7, 11) is -0.706. The Morgan fingerprint density at radius 3 is 2.92 bits per heavy atom. The molecule has 0 aromatic heterocycles. The zero-order valence-corrected chi connectivity index (χ0v) is 9.23. The van der Waals surface area contributed by atoms with Gasteiger partial charge in [-0.05, 0) is 26.7 Å². The number of hydrogen-bond acceptors (Lipinski definition) is 2. The second-order valence-corrected chi connectivity index (χ2v) is 5.82. The van der Waals surface area contributed by atoms with Crippen molar-refractivity contribution in [1.82, 2.24) is 0 Å². The molecular weight excluding hydrogens is 184 g/mol. The fourth-order valence-electron chi connectivity index (χ4n) is 1.55. The summed E-state index contributed by atoms with van der Waals surface area (Å²) in [5, 5.41) is 0. The highest BCUT2D eigenvalue weighted by atomic mass is 32.2. The molecule has 0 aromatic rings. The molecule has 0 saturated carbocycles. The predicted octanol–water partition coefficient (Wildman–Crippen LogP) is 2.23. The van der Waals surface area contributed by atoms with Crippen molar-refractivity contribution in [2.75, 3.05) is 12.4 Å². The summed E-state index contributed by atoms with van der Waals surface area (Å²) in [6, 6.07) is 0. The van der Waals surface area contributed by atoms with Gasteiger partial charge in [0.25, 0.3) is 0 Å². The summed E-state index contributed by atoms with van der Waals surface area (Å²) in [6.07, 6.45) is 6.84. The van der Waals surface area contributed by atoms with Crippen LogP contribution in [0.5, 0.6) is 0 Å². The highest BCUT2D eigenvalue weighted by Gasteiger charge is 2.34. The molecule has 2 unspecified atom stereocenters. The Morgan fingerprint density at radius 2 is 2.31 bits per heavy atom. The van der Waals surface area contributed by atoms with Crippen LogP contribution < -0.4 is 0 Å². The maximum atomic E-state index is 11.7. The van der Waals surface area contributed by atoms with Crippen molar-refractivity contribution >= 4 is 10.8 Å². The lowest BCUT2D eigenvalue weighted by atomic mass is 10.0. The standard InChI is InChI=1S/C10H18O2S/c1-3-7-12-9-10(2)6-4-5-8-13(10)11/h3,7H,4-6,8-9H2,1-2H3/b7-3+. The number of rotatable bonds is 3. The van der Waals surface area contributed by atoms with E-state index in [0.717, 1.165) is 18.6 Å². The summed E-state index contributed by atoms with van der Waals surface area (Å²) in [5.41, 5.74) is 0. The number of hydrogen-bond donors (Lipinski definition) is 0. The molecule has 0 aromatic carbocycles. The Kier molecular flexibility index (Phi) is 3.97. The molecule has 2 nitrogen and oxygen atoms in total. The lowest BCUT2D eigenvalue weighted by molar-refractivity contribution is 0.207. The first kappa shape index (κ1) is 10.8. The van der Waals surface area contributed by atoms with E-state index in [1.54, 1.807) is 6.26 Å². The van der Waals surface area contributed by atoms with E-state index in [1.807, 2.05) is 13.0 Å². The molecule has 1 aliphatic rings. The SMILES string of the molecule is C/C=C/OCC1(C)CCCCS1=O. The quantitative estimate of drug-likeness (QED) is 0.656. The zero-order chi connectivity index (χ0) is 9.73. The summed E-state index contributed by atoms with van der Waals surface area (Å²) < 4.78 is 16.9. The fraction of sp³-hybridized carbons (Fsp3) is 0.800. The molecule has 1 rings (SSSR count). The van der Waals surface area contributed by atoms with Gasteiger partial charge in [0.2, 0.25) is 0 Å². The van der Waals surface area contributed by atoms with Gasteiger partial charge in [0.1, 0.15) is 6.61 Å². The van der Waals surface area contributed by atoms with Crippen molar-refractivity contribution in [2.45, 2.75) is 37.9 Å². The van der Waals surface area contributed by atoms with Gasteiger partial charge in [-0.25, -0.2) is 0 Å². The van der Waals surface area contributed by atoms with Gasteiger partial charge in [-0.1, -0.05) is 12.5 Å². The molecule has 0 aliphatic carbocycles. The normalized spacial score (nSPS) is 35.1. The maximum Gasteiger partial charge on any atom is 0.104 e. The van der Waals surface area contributed by atoms with Crippen molar-refractivity contribution in [1.29, 1.82) is 0 Å². The van der Waals surface area contributed by atoms with Gasteiger partial charge in [0, 0.05) is 16.6 Å². The smallest absolute Gasteiger partial charge is 0.104 e. The lowest BCUT2D eigenvalue weighted by Crippen LogP contribution is -2.39. The van der Waals surface area contributed by atoms with E-state index in [2.05, 4.69) is 6.92 Å². The highest BCUT2D eigenvalue weighted by Crippen LogP contribution is 2.27. The average Bonchev–Trinajstić information content (AvgIpc) is 2.11. The second-order valence-electron chi connectivity index (χ2n) is 3.74. The van der Waals surface area contributed by atoms with Crippen LogP contribution in [-0.2, 0) is 15.5 Å². The number of allylic oxidation sites excluding steroid dienone is 1. The molecule has 0 amide bonds. The van der Waals surface area contributed by atoms with Gasteiger partial charge >= 0.3 is 0 Å². The molecule has 1 heterocycles. The van der Waals surface area contributed by atoms with Crippen LogP contribution in [0.25, 0.3) is 0 Å². The van der Waals surface area contributed by atoms with E-state index < -0.39 is 10.8 Å². The minimum Gasteiger partial charge on any atom is -0.500 e. The summed E-state index contributed by atoms with van der Waals surface area (Å²) in [5.74, 6) is 0.843. The zero-order valence-electron chi connectivity index (χ0n) is 8.41. The number of ether oxygens (including phenoxy) is 1. The third kappa shape index (κ3) is 2.83. The first-order valence-electron chi connectivity index (χ1n) is 4.80. The van der Waals surface area contributed by atoms with Gasteiger partial charge in [-0.3, -0.25) is 4.21 Å². The fourth-order valence-corrected chi connectivity index (χ4v) is 3.08. The second kappa shape index (κ2) is 4.80. The van der Waals surface area contributed by atoms with Crippen LogP contribution in [0.4, 0.5) is 0 Å². The van der Waals surface area contributed by atoms with Crippen molar-refractivity contribution in [2.24, 2.45) is 0 Å². The van der Waals surface area contributed by atoms with E-state index in [0.29, 0.717) is 6.61 Å². The largest absolute Gasteiger partial charge is 0.500 e. The highest BCUT2D eigenvalue weighted by molar-refractivity contribution is 7.86.